The number of thiazole rings is 1. The van der Waals surface area contributed by atoms with Crippen molar-refractivity contribution >= 4 is 16.5 Å². The number of aromatic nitrogens is 1. The summed E-state index contributed by atoms with van der Waals surface area (Å²) >= 11 is 1.83. The second-order valence-corrected chi connectivity index (χ2v) is 8.32. The minimum Gasteiger partial charge on any atom is -0.348 e. The van der Waals surface area contributed by atoms with Crippen LogP contribution in [-0.4, -0.2) is 18.1 Å². The molecule has 112 valence electrons. The number of fused-ring (bicyclic) bond motifs is 1. The van der Waals surface area contributed by atoms with Gasteiger partial charge in [0.25, 0.3) is 0 Å². The Morgan fingerprint density at radius 3 is 2.60 bits per heavy atom. The second-order valence-electron chi connectivity index (χ2n) is 7.31. The third-order valence-electron chi connectivity index (χ3n) is 5.14. The molecule has 2 aliphatic rings. The van der Waals surface area contributed by atoms with Crippen molar-refractivity contribution in [1.82, 2.24) is 4.98 Å². The van der Waals surface area contributed by atoms with E-state index in [2.05, 4.69) is 25.8 Å². The third-order valence-corrected chi connectivity index (χ3v) is 6.46. The average molecular weight is 293 g/mol. The van der Waals surface area contributed by atoms with Crippen LogP contribution in [0.5, 0.6) is 0 Å². The fourth-order valence-electron chi connectivity index (χ4n) is 3.52. The summed E-state index contributed by atoms with van der Waals surface area (Å²) in [7, 11) is 2.22. The number of nitrogens with two attached hydrogens (primary N) is 1. The highest BCUT2D eigenvalue weighted by Gasteiger charge is 2.31. The van der Waals surface area contributed by atoms with Crippen molar-refractivity contribution in [1.29, 1.82) is 0 Å². The Balaban J connectivity index is 1.73. The van der Waals surface area contributed by atoms with E-state index in [9.17, 15) is 0 Å². The van der Waals surface area contributed by atoms with Gasteiger partial charge in [0.05, 0.1) is 5.69 Å². The summed E-state index contributed by atoms with van der Waals surface area (Å²) in [5.74, 6) is 0. The fraction of sp³-hybridized carbons (Fsp3) is 0.812. The van der Waals surface area contributed by atoms with E-state index in [0.717, 1.165) is 12.8 Å². The average Bonchev–Trinajstić information content (AvgIpc) is 2.83. The molecule has 0 spiro atoms. The molecule has 4 heteroatoms. The van der Waals surface area contributed by atoms with Gasteiger partial charge in [0.2, 0.25) is 0 Å². The van der Waals surface area contributed by atoms with E-state index >= 15 is 0 Å². The van der Waals surface area contributed by atoms with Crippen molar-refractivity contribution in [3.63, 3.8) is 0 Å². The molecule has 2 N–H and O–H groups in total. The molecule has 3 rings (SSSR count). The lowest BCUT2D eigenvalue weighted by atomic mass is 9.75. The van der Waals surface area contributed by atoms with Crippen molar-refractivity contribution in [2.45, 2.75) is 70.9 Å². The lowest BCUT2D eigenvalue weighted by Crippen LogP contribution is -2.37. The first-order valence-corrected chi connectivity index (χ1v) is 8.76. The number of aryl methyl sites for hydroxylation is 1. The molecule has 1 fully saturated rings. The molecule has 1 saturated carbocycles. The number of hydrogen-bond acceptors (Lipinski definition) is 4. The summed E-state index contributed by atoms with van der Waals surface area (Å²) in [5, 5.41) is 1.19. The third kappa shape index (κ3) is 2.73. The maximum atomic E-state index is 6.23. The molecule has 20 heavy (non-hydrogen) atoms. The molecular weight excluding hydrogens is 266 g/mol. The van der Waals surface area contributed by atoms with Crippen molar-refractivity contribution < 1.29 is 0 Å². The lowest BCUT2D eigenvalue weighted by Gasteiger charge is -2.38. The van der Waals surface area contributed by atoms with Crippen LogP contribution in [0.15, 0.2) is 0 Å². The van der Waals surface area contributed by atoms with E-state index < -0.39 is 0 Å². The van der Waals surface area contributed by atoms with Gasteiger partial charge in [-0.25, -0.2) is 4.98 Å². The van der Waals surface area contributed by atoms with Gasteiger partial charge in [0.1, 0.15) is 0 Å². The SMILES string of the molecule is CN(c1nc2c(s1)C(N)CCC2)C1CCC(C)(C)CC1. The summed E-state index contributed by atoms with van der Waals surface area (Å²) in [4.78, 5) is 8.64. The Bertz CT molecular complexity index is 470. The Kier molecular flexibility index (Phi) is 3.80. The largest absolute Gasteiger partial charge is 0.348 e. The smallest absolute Gasteiger partial charge is 0.185 e. The first kappa shape index (κ1) is 14.3. The van der Waals surface area contributed by atoms with Crippen molar-refractivity contribution in [3.05, 3.63) is 10.6 Å². The maximum Gasteiger partial charge on any atom is 0.185 e. The van der Waals surface area contributed by atoms with Crippen molar-refractivity contribution in [2.75, 3.05) is 11.9 Å². The quantitative estimate of drug-likeness (QED) is 0.899. The molecule has 0 aromatic carbocycles. The van der Waals surface area contributed by atoms with Gasteiger partial charge >= 0.3 is 0 Å². The molecule has 3 nitrogen and oxygen atoms in total. The number of hydrogen-bond donors (Lipinski definition) is 1. The van der Waals surface area contributed by atoms with Crippen LogP contribution in [-0.2, 0) is 6.42 Å². The molecule has 1 unspecified atom stereocenters. The molecule has 1 aromatic rings. The highest BCUT2D eigenvalue weighted by atomic mass is 32.1. The van der Waals surface area contributed by atoms with Crippen LogP contribution < -0.4 is 10.6 Å². The van der Waals surface area contributed by atoms with E-state index in [1.54, 1.807) is 0 Å². The van der Waals surface area contributed by atoms with Crippen LogP contribution in [0.4, 0.5) is 5.13 Å². The van der Waals surface area contributed by atoms with E-state index in [0.29, 0.717) is 11.5 Å². The molecule has 0 amide bonds. The number of nitrogens with zero attached hydrogens (tertiary/aromatic N) is 2. The van der Waals surface area contributed by atoms with Gasteiger partial charge in [0.15, 0.2) is 5.13 Å². The summed E-state index contributed by atoms with van der Waals surface area (Å²) < 4.78 is 0. The van der Waals surface area contributed by atoms with Crippen LogP contribution in [0.2, 0.25) is 0 Å². The van der Waals surface area contributed by atoms with Crippen molar-refractivity contribution in [3.8, 4) is 0 Å². The molecule has 0 radical (unpaired) electrons. The van der Waals surface area contributed by atoms with E-state index in [4.69, 9.17) is 10.7 Å². The zero-order valence-corrected chi connectivity index (χ0v) is 13.8. The zero-order valence-electron chi connectivity index (χ0n) is 13.0. The summed E-state index contributed by atoms with van der Waals surface area (Å²) in [6, 6.07) is 0.885. The topological polar surface area (TPSA) is 42.2 Å². The Labute approximate surface area is 126 Å². The van der Waals surface area contributed by atoms with Crippen LogP contribution in [0.25, 0.3) is 0 Å². The number of anilines is 1. The molecule has 0 aliphatic heterocycles. The van der Waals surface area contributed by atoms with E-state index in [1.807, 2.05) is 11.3 Å². The van der Waals surface area contributed by atoms with Crippen LogP contribution in [0.3, 0.4) is 0 Å². The van der Waals surface area contributed by atoms with Crippen LogP contribution >= 0.6 is 11.3 Å². The molecular formula is C16H27N3S. The lowest BCUT2D eigenvalue weighted by molar-refractivity contribution is 0.222. The van der Waals surface area contributed by atoms with Gasteiger partial charge in [-0.15, -0.1) is 0 Å². The standard InChI is InChI=1S/C16H27N3S/c1-16(2)9-7-11(8-10-16)19(3)15-18-13-6-4-5-12(17)14(13)20-15/h11-12H,4-10,17H2,1-3H3. The van der Waals surface area contributed by atoms with Gasteiger partial charge < -0.3 is 10.6 Å². The van der Waals surface area contributed by atoms with Gasteiger partial charge in [-0.2, -0.15) is 0 Å². The van der Waals surface area contributed by atoms with Crippen LogP contribution in [0, 0.1) is 5.41 Å². The highest BCUT2D eigenvalue weighted by Crippen LogP contribution is 2.40. The summed E-state index contributed by atoms with van der Waals surface area (Å²) in [5.41, 5.74) is 8.03. The maximum absolute atomic E-state index is 6.23. The second kappa shape index (κ2) is 5.30. The molecule has 1 heterocycles. The predicted molar refractivity (Wildman–Crippen MR) is 86.4 cm³/mol. The normalized spacial score (nSPS) is 26.3. The van der Waals surface area contributed by atoms with Crippen molar-refractivity contribution in [2.24, 2.45) is 11.1 Å². The fourth-order valence-corrected chi connectivity index (χ4v) is 4.70. The molecule has 0 saturated heterocycles. The predicted octanol–water partition coefficient (Wildman–Crippen LogP) is 3.88. The van der Waals surface area contributed by atoms with Gasteiger partial charge in [0, 0.05) is 24.0 Å². The minimum absolute atomic E-state index is 0.226. The van der Waals surface area contributed by atoms with Gasteiger partial charge in [-0.3, -0.25) is 0 Å². The van der Waals surface area contributed by atoms with E-state index in [1.165, 1.54) is 47.8 Å². The minimum atomic E-state index is 0.226. The molecule has 0 bridgehead atoms. The van der Waals surface area contributed by atoms with Gasteiger partial charge in [-0.1, -0.05) is 25.2 Å². The monoisotopic (exact) mass is 293 g/mol. The first-order valence-electron chi connectivity index (χ1n) is 7.94. The molecule has 2 aliphatic carbocycles. The molecule has 1 aromatic heterocycles. The summed E-state index contributed by atoms with van der Waals surface area (Å²) in [6.07, 6.45) is 8.67. The van der Waals surface area contributed by atoms with Crippen LogP contribution in [0.1, 0.15) is 69.0 Å². The number of rotatable bonds is 2. The zero-order chi connectivity index (χ0) is 14.3. The van der Waals surface area contributed by atoms with Gasteiger partial charge in [-0.05, 0) is 50.4 Å². The Hall–Kier alpha value is -0.610. The summed E-state index contributed by atoms with van der Waals surface area (Å²) in [6.45, 7) is 4.79. The molecule has 1 atom stereocenters. The first-order chi connectivity index (χ1) is 9.46. The Morgan fingerprint density at radius 1 is 1.25 bits per heavy atom. The van der Waals surface area contributed by atoms with E-state index in [-0.39, 0.29) is 6.04 Å². The highest BCUT2D eigenvalue weighted by molar-refractivity contribution is 7.15. The Morgan fingerprint density at radius 2 is 1.95 bits per heavy atom.